The normalized spacial score (nSPS) is 21.4. The smallest absolute Gasteiger partial charge is 0.166 e. The van der Waals surface area contributed by atoms with Gasteiger partial charge in [0.1, 0.15) is 0 Å². The van der Waals surface area contributed by atoms with Crippen LogP contribution in [0.2, 0.25) is 0 Å². The zero-order valence-electron chi connectivity index (χ0n) is 9.57. The summed E-state index contributed by atoms with van der Waals surface area (Å²) in [4.78, 5) is 6.03. The summed E-state index contributed by atoms with van der Waals surface area (Å²) in [5.74, 6) is 0.0221. The van der Waals surface area contributed by atoms with Gasteiger partial charge in [-0.05, 0) is 34.8 Å². The molecule has 2 heterocycles. The highest BCUT2D eigenvalue weighted by atomic mass is 79.9. The first-order valence-corrected chi connectivity index (χ1v) is 6.70. The maximum atomic E-state index is 13.9. The van der Waals surface area contributed by atoms with Crippen molar-refractivity contribution in [3.8, 4) is 0 Å². The van der Waals surface area contributed by atoms with Crippen LogP contribution in [0.1, 0.15) is 25.7 Å². The average molecular weight is 303 g/mol. The summed E-state index contributed by atoms with van der Waals surface area (Å²) < 4.78 is 14.5. The molecule has 0 amide bonds. The molecule has 2 rings (SSSR count). The molecule has 17 heavy (non-hydrogen) atoms. The Balaban J connectivity index is 2.28. The third-order valence-corrected chi connectivity index (χ3v) is 3.58. The Kier molecular flexibility index (Phi) is 4.34. The van der Waals surface area contributed by atoms with Crippen molar-refractivity contribution in [2.75, 3.05) is 18.1 Å². The summed E-state index contributed by atoms with van der Waals surface area (Å²) >= 11 is 3.20. The predicted octanol–water partition coefficient (Wildman–Crippen LogP) is 2.72. The van der Waals surface area contributed by atoms with Crippen LogP contribution in [0.25, 0.3) is 0 Å². The second kappa shape index (κ2) is 5.78. The van der Waals surface area contributed by atoms with Crippen molar-refractivity contribution in [1.82, 2.24) is 4.98 Å². The largest absolute Gasteiger partial charge is 0.394 e. The maximum Gasteiger partial charge on any atom is 0.166 e. The zero-order chi connectivity index (χ0) is 12.3. The van der Waals surface area contributed by atoms with Crippen LogP contribution in [0.15, 0.2) is 16.7 Å². The van der Waals surface area contributed by atoms with E-state index in [1.54, 1.807) is 6.20 Å². The second-order valence-corrected chi connectivity index (χ2v) is 5.25. The SMILES string of the molecule is OCC1CCCCCN1c1ncc(Br)cc1F. The van der Waals surface area contributed by atoms with Crippen LogP contribution in [0, 0.1) is 5.82 Å². The van der Waals surface area contributed by atoms with E-state index in [9.17, 15) is 9.50 Å². The lowest BCUT2D eigenvalue weighted by Crippen LogP contribution is -2.38. The van der Waals surface area contributed by atoms with Gasteiger partial charge in [-0.15, -0.1) is 0 Å². The summed E-state index contributed by atoms with van der Waals surface area (Å²) in [5, 5.41) is 9.39. The van der Waals surface area contributed by atoms with Crippen molar-refractivity contribution < 1.29 is 9.50 Å². The van der Waals surface area contributed by atoms with E-state index >= 15 is 0 Å². The molecule has 1 aromatic rings. The van der Waals surface area contributed by atoms with Crippen molar-refractivity contribution in [3.05, 3.63) is 22.6 Å². The van der Waals surface area contributed by atoms with Gasteiger partial charge in [-0.2, -0.15) is 0 Å². The van der Waals surface area contributed by atoms with Crippen LogP contribution in [0.4, 0.5) is 10.2 Å². The minimum atomic E-state index is -0.334. The van der Waals surface area contributed by atoms with Gasteiger partial charge in [0, 0.05) is 17.2 Å². The minimum Gasteiger partial charge on any atom is -0.394 e. The van der Waals surface area contributed by atoms with Crippen molar-refractivity contribution in [2.45, 2.75) is 31.7 Å². The molecule has 1 fully saturated rings. The Morgan fingerprint density at radius 3 is 3.00 bits per heavy atom. The first kappa shape index (κ1) is 12.8. The lowest BCUT2D eigenvalue weighted by atomic mass is 10.1. The highest BCUT2D eigenvalue weighted by Gasteiger charge is 2.23. The van der Waals surface area contributed by atoms with Crippen molar-refractivity contribution in [3.63, 3.8) is 0 Å². The third kappa shape index (κ3) is 2.96. The van der Waals surface area contributed by atoms with E-state index in [0.29, 0.717) is 10.3 Å². The van der Waals surface area contributed by atoms with E-state index in [4.69, 9.17) is 0 Å². The van der Waals surface area contributed by atoms with Gasteiger partial charge in [0.05, 0.1) is 12.6 Å². The topological polar surface area (TPSA) is 36.4 Å². The lowest BCUT2D eigenvalue weighted by molar-refractivity contribution is 0.254. The van der Waals surface area contributed by atoms with E-state index in [0.717, 1.165) is 32.2 Å². The maximum absolute atomic E-state index is 13.9. The van der Waals surface area contributed by atoms with Gasteiger partial charge in [-0.25, -0.2) is 9.37 Å². The molecule has 3 nitrogen and oxygen atoms in total. The van der Waals surface area contributed by atoms with E-state index in [2.05, 4.69) is 20.9 Å². The Hall–Kier alpha value is -0.680. The molecule has 1 aliphatic heterocycles. The molecule has 0 aliphatic carbocycles. The van der Waals surface area contributed by atoms with Crippen LogP contribution in [0.3, 0.4) is 0 Å². The standard InChI is InChI=1S/C12H16BrFN2O/c13-9-6-11(14)12(15-7-9)16-5-3-1-2-4-10(16)8-17/h6-7,10,17H,1-5,8H2. The highest BCUT2D eigenvalue weighted by molar-refractivity contribution is 9.10. The van der Waals surface area contributed by atoms with Crippen molar-refractivity contribution in [2.24, 2.45) is 0 Å². The van der Waals surface area contributed by atoms with Gasteiger partial charge >= 0.3 is 0 Å². The van der Waals surface area contributed by atoms with Crippen LogP contribution in [-0.2, 0) is 0 Å². The number of aliphatic hydroxyl groups excluding tert-OH is 1. The van der Waals surface area contributed by atoms with Crippen LogP contribution >= 0.6 is 15.9 Å². The summed E-state index contributed by atoms with van der Waals surface area (Å²) in [5.41, 5.74) is 0. The number of hydrogen-bond acceptors (Lipinski definition) is 3. The van der Waals surface area contributed by atoms with E-state index in [1.165, 1.54) is 6.07 Å². The van der Waals surface area contributed by atoms with E-state index in [1.807, 2.05) is 4.90 Å². The second-order valence-electron chi connectivity index (χ2n) is 4.34. The molecule has 5 heteroatoms. The van der Waals surface area contributed by atoms with E-state index < -0.39 is 0 Å². The molecule has 94 valence electrons. The number of pyridine rings is 1. The summed E-state index contributed by atoms with van der Waals surface area (Å²) in [6.07, 6.45) is 5.73. The molecule has 1 atom stereocenters. The molecule has 1 aliphatic rings. The predicted molar refractivity (Wildman–Crippen MR) is 68.6 cm³/mol. The summed E-state index contributed by atoms with van der Waals surface area (Å²) in [6.45, 7) is 0.813. The van der Waals surface area contributed by atoms with Gasteiger partial charge < -0.3 is 10.0 Å². The number of hydrogen-bond donors (Lipinski definition) is 1. The molecule has 0 bridgehead atoms. The molecule has 1 unspecified atom stereocenters. The van der Waals surface area contributed by atoms with Gasteiger partial charge in [-0.3, -0.25) is 0 Å². The fourth-order valence-corrected chi connectivity index (χ4v) is 2.57. The molecule has 0 aromatic carbocycles. The number of aliphatic hydroxyl groups is 1. The highest BCUT2D eigenvalue weighted by Crippen LogP contribution is 2.26. The molecular weight excluding hydrogens is 287 g/mol. The van der Waals surface area contributed by atoms with Gasteiger partial charge in [0.15, 0.2) is 11.6 Å². The summed E-state index contributed by atoms with van der Waals surface area (Å²) in [6, 6.07) is 1.41. The molecule has 0 spiro atoms. The molecule has 1 N–H and O–H groups in total. The minimum absolute atomic E-state index is 0.0133. The van der Waals surface area contributed by atoms with Gasteiger partial charge in [0.25, 0.3) is 0 Å². The Labute approximate surface area is 109 Å². The first-order valence-electron chi connectivity index (χ1n) is 5.91. The number of anilines is 1. The summed E-state index contributed by atoms with van der Waals surface area (Å²) in [7, 11) is 0. The first-order chi connectivity index (χ1) is 8.22. The van der Waals surface area contributed by atoms with E-state index in [-0.39, 0.29) is 18.5 Å². The van der Waals surface area contributed by atoms with Gasteiger partial charge in [-0.1, -0.05) is 12.8 Å². The molecule has 1 aromatic heterocycles. The average Bonchev–Trinajstić information content (AvgIpc) is 2.54. The monoisotopic (exact) mass is 302 g/mol. The fourth-order valence-electron chi connectivity index (χ4n) is 2.26. The third-order valence-electron chi connectivity index (χ3n) is 3.15. The van der Waals surface area contributed by atoms with Crippen molar-refractivity contribution >= 4 is 21.7 Å². The van der Waals surface area contributed by atoms with Gasteiger partial charge in [0.2, 0.25) is 0 Å². The molecule has 1 saturated heterocycles. The molecule has 0 saturated carbocycles. The van der Waals surface area contributed by atoms with Crippen LogP contribution in [-0.4, -0.2) is 29.3 Å². The molecular formula is C12H16BrFN2O. The zero-order valence-corrected chi connectivity index (χ0v) is 11.2. The molecule has 0 radical (unpaired) electrons. The van der Waals surface area contributed by atoms with Crippen LogP contribution in [0.5, 0.6) is 0 Å². The quantitative estimate of drug-likeness (QED) is 0.912. The number of rotatable bonds is 2. The number of halogens is 2. The number of aromatic nitrogens is 1. The number of nitrogens with zero attached hydrogens (tertiary/aromatic N) is 2. The van der Waals surface area contributed by atoms with Crippen LogP contribution < -0.4 is 4.90 Å². The Morgan fingerprint density at radius 2 is 2.29 bits per heavy atom. The Morgan fingerprint density at radius 1 is 1.47 bits per heavy atom. The fraction of sp³-hybridized carbons (Fsp3) is 0.583. The van der Waals surface area contributed by atoms with Crippen molar-refractivity contribution in [1.29, 1.82) is 0 Å². The lowest BCUT2D eigenvalue weighted by Gasteiger charge is -2.29. The Bertz CT molecular complexity index is 389.